The number of benzene rings is 2. The maximum atomic E-state index is 13.8. The third-order valence-electron chi connectivity index (χ3n) is 3.06. The standard InChI is InChI=1S/C15H13BrF3NO/c1-8(9-3-4-15(21-2)13(19)5-9)20-14-7-11(17)10(16)6-12(14)18/h3-8,20H,1-2H3. The van der Waals surface area contributed by atoms with Gasteiger partial charge in [-0.15, -0.1) is 0 Å². The van der Waals surface area contributed by atoms with E-state index in [1.165, 1.54) is 19.2 Å². The highest BCUT2D eigenvalue weighted by Gasteiger charge is 2.13. The lowest BCUT2D eigenvalue weighted by molar-refractivity contribution is 0.386. The molecule has 21 heavy (non-hydrogen) atoms. The van der Waals surface area contributed by atoms with Crippen LogP contribution in [0, 0.1) is 17.5 Å². The fraction of sp³-hybridized carbons (Fsp3) is 0.200. The summed E-state index contributed by atoms with van der Waals surface area (Å²) in [4.78, 5) is 0. The highest BCUT2D eigenvalue weighted by atomic mass is 79.9. The van der Waals surface area contributed by atoms with Crippen molar-refractivity contribution < 1.29 is 17.9 Å². The summed E-state index contributed by atoms with van der Waals surface area (Å²) in [5.74, 6) is -1.55. The van der Waals surface area contributed by atoms with Crippen LogP contribution in [0.15, 0.2) is 34.8 Å². The Bertz CT molecular complexity index is 664. The van der Waals surface area contributed by atoms with Crippen LogP contribution < -0.4 is 10.1 Å². The first kappa shape index (κ1) is 15.7. The maximum Gasteiger partial charge on any atom is 0.165 e. The molecule has 0 heterocycles. The van der Waals surface area contributed by atoms with E-state index in [0.29, 0.717) is 5.56 Å². The van der Waals surface area contributed by atoms with Crippen molar-refractivity contribution in [1.82, 2.24) is 0 Å². The summed E-state index contributed by atoms with van der Waals surface area (Å²) in [5.41, 5.74) is 0.607. The monoisotopic (exact) mass is 359 g/mol. The van der Waals surface area contributed by atoms with E-state index in [-0.39, 0.29) is 15.9 Å². The van der Waals surface area contributed by atoms with Crippen molar-refractivity contribution in [3.8, 4) is 5.75 Å². The molecule has 0 saturated heterocycles. The molecule has 0 amide bonds. The van der Waals surface area contributed by atoms with E-state index in [1.54, 1.807) is 13.0 Å². The van der Waals surface area contributed by atoms with E-state index < -0.39 is 23.5 Å². The van der Waals surface area contributed by atoms with Gasteiger partial charge in [-0.1, -0.05) is 6.07 Å². The second-order valence-electron chi connectivity index (χ2n) is 4.51. The van der Waals surface area contributed by atoms with Crippen LogP contribution in [0.3, 0.4) is 0 Å². The maximum absolute atomic E-state index is 13.8. The van der Waals surface area contributed by atoms with Crippen molar-refractivity contribution in [3.05, 3.63) is 57.8 Å². The molecule has 0 aromatic heterocycles. The molecule has 0 spiro atoms. The van der Waals surface area contributed by atoms with Crippen LogP contribution in [0.4, 0.5) is 18.9 Å². The van der Waals surface area contributed by atoms with Gasteiger partial charge in [0.25, 0.3) is 0 Å². The van der Waals surface area contributed by atoms with Gasteiger partial charge in [-0.3, -0.25) is 0 Å². The SMILES string of the molecule is COc1ccc(C(C)Nc2cc(F)c(Br)cc2F)cc1F. The summed E-state index contributed by atoms with van der Waals surface area (Å²) in [7, 11) is 1.37. The van der Waals surface area contributed by atoms with Crippen molar-refractivity contribution in [2.45, 2.75) is 13.0 Å². The summed E-state index contributed by atoms with van der Waals surface area (Å²) < 4.78 is 45.7. The highest BCUT2D eigenvalue weighted by Crippen LogP contribution is 2.28. The molecule has 2 nitrogen and oxygen atoms in total. The molecule has 0 aliphatic heterocycles. The number of ether oxygens (including phenoxy) is 1. The molecule has 0 aliphatic rings. The lowest BCUT2D eigenvalue weighted by atomic mass is 10.1. The first-order valence-electron chi connectivity index (χ1n) is 6.17. The third-order valence-corrected chi connectivity index (χ3v) is 3.67. The number of nitrogens with one attached hydrogen (secondary N) is 1. The fourth-order valence-corrected chi connectivity index (χ4v) is 2.22. The minimum Gasteiger partial charge on any atom is -0.494 e. The van der Waals surface area contributed by atoms with Gasteiger partial charge in [0.05, 0.1) is 17.3 Å². The van der Waals surface area contributed by atoms with Crippen LogP contribution in [0.1, 0.15) is 18.5 Å². The van der Waals surface area contributed by atoms with Crippen LogP contribution in [-0.2, 0) is 0 Å². The molecule has 2 aromatic carbocycles. The van der Waals surface area contributed by atoms with Gasteiger partial charge in [-0.2, -0.15) is 0 Å². The highest BCUT2D eigenvalue weighted by molar-refractivity contribution is 9.10. The molecular weight excluding hydrogens is 347 g/mol. The zero-order valence-corrected chi connectivity index (χ0v) is 13.0. The molecule has 2 aromatic rings. The first-order valence-corrected chi connectivity index (χ1v) is 6.96. The molecule has 0 aliphatic carbocycles. The Kier molecular flexibility index (Phi) is 4.77. The largest absolute Gasteiger partial charge is 0.494 e. The van der Waals surface area contributed by atoms with E-state index in [0.717, 1.165) is 12.1 Å². The van der Waals surface area contributed by atoms with Crippen molar-refractivity contribution in [1.29, 1.82) is 0 Å². The van der Waals surface area contributed by atoms with Gasteiger partial charge in [0, 0.05) is 12.1 Å². The average Bonchev–Trinajstić information content (AvgIpc) is 2.44. The van der Waals surface area contributed by atoms with Gasteiger partial charge in [-0.25, -0.2) is 13.2 Å². The Morgan fingerprint density at radius 3 is 2.38 bits per heavy atom. The second kappa shape index (κ2) is 6.39. The average molecular weight is 360 g/mol. The number of hydrogen-bond acceptors (Lipinski definition) is 2. The predicted molar refractivity (Wildman–Crippen MR) is 79.0 cm³/mol. The van der Waals surface area contributed by atoms with E-state index in [2.05, 4.69) is 21.2 Å². The fourth-order valence-electron chi connectivity index (χ4n) is 1.90. The normalized spacial score (nSPS) is 12.1. The van der Waals surface area contributed by atoms with E-state index >= 15 is 0 Å². The first-order chi connectivity index (χ1) is 9.92. The predicted octanol–water partition coefficient (Wildman–Crippen LogP) is 5.05. The van der Waals surface area contributed by atoms with Gasteiger partial charge >= 0.3 is 0 Å². The Hall–Kier alpha value is -1.69. The van der Waals surface area contributed by atoms with Gasteiger partial charge in [0.2, 0.25) is 0 Å². The molecule has 6 heteroatoms. The molecule has 112 valence electrons. The molecule has 1 atom stereocenters. The van der Waals surface area contributed by atoms with Crippen molar-refractivity contribution in [2.24, 2.45) is 0 Å². The Labute approximate surface area is 129 Å². The molecule has 0 fully saturated rings. The van der Waals surface area contributed by atoms with Gasteiger partial charge < -0.3 is 10.1 Å². The van der Waals surface area contributed by atoms with Crippen LogP contribution in [0.2, 0.25) is 0 Å². The number of methoxy groups -OCH3 is 1. The Morgan fingerprint density at radius 1 is 1.05 bits per heavy atom. The lowest BCUT2D eigenvalue weighted by Crippen LogP contribution is -2.09. The zero-order chi connectivity index (χ0) is 15.6. The summed E-state index contributed by atoms with van der Waals surface area (Å²) in [5, 5.41) is 2.82. The zero-order valence-electron chi connectivity index (χ0n) is 11.4. The van der Waals surface area contributed by atoms with Crippen LogP contribution in [-0.4, -0.2) is 7.11 Å². The quantitative estimate of drug-likeness (QED) is 0.771. The van der Waals surface area contributed by atoms with Crippen molar-refractivity contribution in [2.75, 3.05) is 12.4 Å². The van der Waals surface area contributed by atoms with Crippen LogP contribution in [0.5, 0.6) is 5.75 Å². The van der Waals surface area contributed by atoms with E-state index in [4.69, 9.17) is 4.74 Å². The molecule has 0 saturated carbocycles. The van der Waals surface area contributed by atoms with Gasteiger partial charge in [0.15, 0.2) is 11.6 Å². The van der Waals surface area contributed by atoms with Gasteiger partial charge in [0.1, 0.15) is 11.6 Å². The number of rotatable bonds is 4. The Balaban J connectivity index is 2.23. The Morgan fingerprint density at radius 2 is 1.76 bits per heavy atom. The molecule has 1 N–H and O–H groups in total. The van der Waals surface area contributed by atoms with Crippen LogP contribution in [0.25, 0.3) is 0 Å². The summed E-state index contributed by atoms with van der Waals surface area (Å²) in [6.07, 6.45) is 0. The summed E-state index contributed by atoms with van der Waals surface area (Å²) in [6.45, 7) is 1.72. The van der Waals surface area contributed by atoms with Crippen molar-refractivity contribution in [3.63, 3.8) is 0 Å². The summed E-state index contributed by atoms with van der Waals surface area (Å²) in [6, 6.07) is 6.13. The van der Waals surface area contributed by atoms with Crippen molar-refractivity contribution >= 4 is 21.6 Å². The topological polar surface area (TPSA) is 21.3 Å². The second-order valence-corrected chi connectivity index (χ2v) is 5.36. The number of anilines is 1. The molecular formula is C15H13BrF3NO. The van der Waals surface area contributed by atoms with Gasteiger partial charge in [-0.05, 0) is 46.6 Å². The molecule has 0 bridgehead atoms. The molecule has 0 radical (unpaired) electrons. The van der Waals surface area contributed by atoms with Crippen LogP contribution >= 0.6 is 15.9 Å². The molecule has 1 unspecified atom stereocenters. The minimum absolute atomic E-state index is 0.0134. The summed E-state index contributed by atoms with van der Waals surface area (Å²) >= 11 is 2.91. The number of halogens is 4. The van der Waals surface area contributed by atoms with E-state index in [9.17, 15) is 13.2 Å². The third kappa shape index (κ3) is 3.50. The number of hydrogen-bond donors (Lipinski definition) is 1. The smallest absolute Gasteiger partial charge is 0.165 e. The minimum atomic E-state index is -0.593. The van der Waals surface area contributed by atoms with E-state index in [1.807, 2.05) is 0 Å². The lowest BCUT2D eigenvalue weighted by Gasteiger charge is -2.17. The molecule has 2 rings (SSSR count).